The molecule has 6 heteroatoms. The number of piperazine rings is 2. The van der Waals surface area contributed by atoms with Crippen LogP contribution in [0.5, 0.6) is 0 Å². The number of nitrogens with one attached hydrogen (secondary N) is 1. The molecule has 1 aromatic rings. The Morgan fingerprint density at radius 1 is 0.853 bits per heavy atom. The summed E-state index contributed by atoms with van der Waals surface area (Å²) in [6.45, 7) is 21.8. The highest BCUT2D eigenvalue weighted by molar-refractivity contribution is 5.48. The van der Waals surface area contributed by atoms with Crippen molar-refractivity contribution < 1.29 is 4.74 Å². The average molecular weight is 472 g/mol. The third-order valence-electron chi connectivity index (χ3n) is 7.75. The van der Waals surface area contributed by atoms with Crippen molar-refractivity contribution in [3.8, 4) is 0 Å². The second-order valence-electron chi connectivity index (χ2n) is 11.1. The predicted molar refractivity (Wildman–Crippen MR) is 143 cm³/mol. The maximum absolute atomic E-state index is 6.16. The molecule has 0 aromatic heterocycles. The van der Waals surface area contributed by atoms with Crippen LogP contribution in [0.1, 0.15) is 45.6 Å². The number of anilines is 1. The topological polar surface area (TPSA) is 34.2 Å². The molecule has 0 amide bonds. The second kappa shape index (κ2) is 13.2. The molecule has 0 atom stereocenters. The lowest BCUT2D eigenvalue weighted by Gasteiger charge is -2.38. The average Bonchev–Trinajstić information content (AvgIpc) is 2.82. The van der Waals surface area contributed by atoms with Crippen LogP contribution in [-0.4, -0.2) is 105 Å². The first-order chi connectivity index (χ1) is 16.6. The first kappa shape index (κ1) is 25.9. The van der Waals surface area contributed by atoms with E-state index in [9.17, 15) is 0 Å². The van der Waals surface area contributed by atoms with E-state index in [2.05, 4.69) is 70.0 Å². The molecule has 0 spiro atoms. The molecule has 3 fully saturated rings. The van der Waals surface area contributed by atoms with Crippen LogP contribution in [-0.2, 0) is 11.3 Å². The molecule has 3 aliphatic rings. The number of hydrogen-bond acceptors (Lipinski definition) is 6. The van der Waals surface area contributed by atoms with Crippen molar-refractivity contribution in [2.24, 2.45) is 5.92 Å². The maximum Gasteiger partial charge on any atom is 0.0605 e. The van der Waals surface area contributed by atoms with E-state index in [1.807, 2.05) is 0 Å². The zero-order valence-corrected chi connectivity index (χ0v) is 22.1. The van der Waals surface area contributed by atoms with Crippen LogP contribution in [0.2, 0.25) is 0 Å². The van der Waals surface area contributed by atoms with E-state index in [1.54, 1.807) is 0 Å². The Hall–Kier alpha value is -1.18. The van der Waals surface area contributed by atoms with Crippen molar-refractivity contribution in [1.82, 2.24) is 20.0 Å². The molecule has 2 heterocycles. The summed E-state index contributed by atoms with van der Waals surface area (Å²) in [7, 11) is 0. The van der Waals surface area contributed by atoms with Crippen molar-refractivity contribution in [2.75, 3.05) is 83.5 Å². The largest absolute Gasteiger partial charge is 0.377 e. The molecular weight excluding hydrogens is 422 g/mol. The lowest BCUT2D eigenvalue weighted by atomic mass is 9.89. The van der Waals surface area contributed by atoms with E-state index in [0.717, 1.165) is 51.5 Å². The van der Waals surface area contributed by atoms with Gasteiger partial charge in [-0.1, -0.05) is 32.9 Å². The first-order valence-corrected chi connectivity index (χ1v) is 13.9. The summed E-state index contributed by atoms with van der Waals surface area (Å²) < 4.78 is 6.16. The van der Waals surface area contributed by atoms with Crippen LogP contribution in [0.4, 0.5) is 5.69 Å². The molecular formula is C28H49N5O. The maximum atomic E-state index is 6.16. The lowest BCUT2D eigenvalue weighted by Crippen LogP contribution is -2.49. The quantitative estimate of drug-likeness (QED) is 0.505. The van der Waals surface area contributed by atoms with Gasteiger partial charge in [0.05, 0.1) is 12.7 Å². The third kappa shape index (κ3) is 7.92. The molecule has 0 radical (unpaired) electrons. The minimum Gasteiger partial charge on any atom is -0.377 e. The number of nitrogens with zero attached hydrogens (tertiary/aromatic N) is 4. The second-order valence-corrected chi connectivity index (χ2v) is 11.1. The lowest BCUT2D eigenvalue weighted by molar-refractivity contribution is -0.0283. The van der Waals surface area contributed by atoms with Gasteiger partial charge in [-0.2, -0.15) is 0 Å². The number of hydrogen-bond donors (Lipinski definition) is 1. The van der Waals surface area contributed by atoms with E-state index in [4.69, 9.17) is 4.74 Å². The van der Waals surface area contributed by atoms with Gasteiger partial charge >= 0.3 is 0 Å². The minimum atomic E-state index is 0.452. The van der Waals surface area contributed by atoms with Crippen LogP contribution in [0, 0.1) is 5.92 Å². The van der Waals surface area contributed by atoms with Crippen molar-refractivity contribution in [3.05, 3.63) is 29.8 Å². The van der Waals surface area contributed by atoms with E-state index >= 15 is 0 Å². The minimum absolute atomic E-state index is 0.452. The highest BCUT2D eigenvalue weighted by Gasteiger charge is 2.29. The molecule has 0 bridgehead atoms. The fourth-order valence-corrected chi connectivity index (χ4v) is 5.56. The summed E-state index contributed by atoms with van der Waals surface area (Å²) >= 11 is 0. The van der Waals surface area contributed by atoms with Crippen molar-refractivity contribution in [1.29, 1.82) is 0 Å². The van der Waals surface area contributed by atoms with E-state index in [-0.39, 0.29) is 0 Å². The Morgan fingerprint density at radius 3 is 2.12 bits per heavy atom. The summed E-state index contributed by atoms with van der Waals surface area (Å²) in [5, 5.41) is 3.73. The molecule has 192 valence electrons. The zero-order chi connectivity index (χ0) is 23.8. The Kier molecular flexibility index (Phi) is 10.1. The Labute approximate surface area is 208 Å². The summed E-state index contributed by atoms with van der Waals surface area (Å²) in [4.78, 5) is 10.3. The molecule has 1 aliphatic carbocycles. The molecule has 6 nitrogen and oxygen atoms in total. The van der Waals surface area contributed by atoms with E-state index in [1.165, 1.54) is 70.0 Å². The summed E-state index contributed by atoms with van der Waals surface area (Å²) in [5.74, 6) is 0.769. The predicted octanol–water partition coefficient (Wildman–Crippen LogP) is 3.13. The highest BCUT2D eigenvalue weighted by Crippen LogP contribution is 2.24. The van der Waals surface area contributed by atoms with E-state index in [0.29, 0.717) is 12.1 Å². The van der Waals surface area contributed by atoms with Crippen LogP contribution < -0.4 is 10.2 Å². The van der Waals surface area contributed by atoms with Crippen molar-refractivity contribution in [3.63, 3.8) is 0 Å². The van der Waals surface area contributed by atoms with Crippen LogP contribution in [0.3, 0.4) is 0 Å². The number of benzene rings is 1. The van der Waals surface area contributed by atoms with Gasteiger partial charge in [0.2, 0.25) is 0 Å². The molecule has 1 N–H and O–H groups in total. The summed E-state index contributed by atoms with van der Waals surface area (Å²) in [6, 6.07) is 9.82. The van der Waals surface area contributed by atoms with Crippen molar-refractivity contribution in [2.45, 2.75) is 58.7 Å². The molecule has 1 aromatic carbocycles. The molecule has 2 aliphatic heterocycles. The van der Waals surface area contributed by atoms with Gasteiger partial charge in [-0.25, -0.2) is 0 Å². The smallest absolute Gasteiger partial charge is 0.0605 e. The summed E-state index contributed by atoms with van der Waals surface area (Å²) in [6.07, 6.45) is 4.02. The van der Waals surface area contributed by atoms with Gasteiger partial charge in [0, 0.05) is 83.7 Å². The van der Waals surface area contributed by atoms with Crippen molar-refractivity contribution >= 4 is 5.69 Å². The van der Waals surface area contributed by atoms with Gasteiger partial charge in [0.1, 0.15) is 0 Å². The van der Waals surface area contributed by atoms with Gasteiger partial charge in [0.15, 0.2) is 0 Å². The zero-order valence-electron chi connectivity index (χ0n) is 22.1. The Morgan fingerprint density at radius 2 is 1.47 bits per heavy atom. The standard InChI is InChI=1S/C28H49N5O/c1-4-9-30-14-16-33(17-15-30)27-7-5-25(6-8-27)22-29-26-20-28(21-26)34-19-18-31-10-12-32(13-11-31)23-24(2)3/h5-8,24,26,28-29H,4,9-23H2,1-3H3. The van der Waals surface area contributed by atoms with Gasteiger partial charge < -0.3 is 19.9 Å². The SMILES string of the molecule is CCCN1CCN(c2ccc(CNC3CC(OCCN4CCN(CC(C)C)CC4)C3)cc2)CC1. The fourth-order valence-electron chi connectivity index (χ4n) is 5.56. The van der Waals surface area contributed by atoms with Crippen LogP contribution in [0.15, 0.2) is 24.3 Å². The molecule has 4 rings (SSSR count). The number of ether oxygens (including phenoxy) is 1. The molecule has 1 saturated carbocycles. The molecule has 2 saturated heterocycles. The monoisotopic (exact) mass is 471 g/mol. The normalized spacial score (nSPS) is 25.1. The fraction of sp³-hybridized carbons (Fsp3) is 0.786. The highest BCUT2D eigenvalue weighted by atomic mass is 16.5. The van der Waals surface area contributed by atoms with Gasteiger partial charge in [0.25, 0.3) is 0 Å². The molecule has 34 heavy (non-hydrogen) atoms. The van der Waals surface area contributed by atoms with Gasteiger partial charge in [-0.3, -0.25) is 9.80 Å². The van der Waals surface area contributed by atoms with Crippen LogP contribution in [0.25, 0.3) is 0 Å². The Bertz CT molecular complexity index is 689. The molecule has 0 unspecified atom stereocenters. The number of rotatable bonds is 12. The van der Waals surface area contributed by atoms with Gasteiger partial charge in [-0.15, -0.1) is 0 Å². The summed E-state index contributed by atoms with van der Waals surface area (Å²) in [5.41, 5.74) is 2.76. The third-order valence-corrected chi connectivity index (χ3v) is 7.75. The Balaban J connectivity index is 1.04. The van der Waals surface area contributed by atoms with Crippen LogP contribution >= 0.6 is 0 Å². The first-order valence-electron chi connectivity index (χ1n) is 13.9. The van der Waals surface area contributed by atoms with Gasteiger partial charge in [-0.05, 0) is 49.4 Å². The van der Waals surface area contributed by atoms with E-state index < -0.39 is 0 Å².